The summed E-state index contributed by atoms with van der Waals surface area (Å²) >= 11 is 0. The van der Waals surface area contributed by atoms with E-state index in [1.54, 1.807) is 25.1 Å². The first-order chi connectivity index (χ1) is 11.9. The van der Waals surface area contributed by atoms with Gasteiger partial charge in [0.05, 0.1) is 17.2 Å². The number of hydrogen-bond acceptors (Lipinski definition) is 3. The monoisotopic (exact) mass is 351 g/mol. The van der Waals surface area contributed by atoms with E-state index in [0.717, 1.165) is 12.1 Å². The van der Waals surface area contributed by atoms with Crippen molar-refractivity contribution in [3.8, 4) is 11.5 Å². The number of ether oxygens (including phenoxy) is 2. The first-order valence-electron chi connectivity index (χ1n) is 7.73. The Morgan fingerprint density at radius 1 is 1.08 bits per heavy atom. The highest BCUT2D eigenvalue weighted by atomic mass is 19.4. The van der Waals surface area contributed by atoms with E-state index in [0.29, 0.717) is 30.3 Å². The standard InChI is InChI=1S/C18H16F3NO3/c1-11(12-6-7-15-16(10-12)25-9-8-24-15)22-17(23)13-4-2-3-5-14(13)18(19,20)21/h2-7,10-11H,8-9H2,1H3,(H,22,23). The number of alkyl halides is 3. The first-order valence-corrected chi connectivity index (χ1v) is 7.73. The molecule has 0 bridgehead atoms. The van der Waals surface area contributed by atoms with Crippen molar-refractivity contribution in [2.45, 2.75) is 19.1 Å². The Bertz CT molecular complexity index is 789. The van der Waals surface area contributed by atoms with Gasteiger partial charge in [-0.1, -0.05) is 18.2 Å². The Labute approximate surface area is 142 Å². The summed E-state index contributed by atoms with van der Waals surface area (Å²) in [6, 6.07) is 9.39. The Morgan fingerprint density at radius 3 is 2.48 bits per heavy atom. The third kappa shape index (κ3) is 3.70. The minimum Gasteiger partial charge on any atom is -0.486 e. The summed E-state index contributed by atoms with van der Waals surface area (Å²) in [4.78, 5) is 12.3. The van der Waals surface area contributed by atoms with Crippen LogP contribution in [0.4, 0.5) is 13.2 Å². The predicted octanol–water partition coefficient (Wildman–Crippen LogP) is 3.97. The van der Waals surface area contributed by atoms with Gasteiger partial charge >= 0.3 is 6.18 Å². The zero-order valence-corrected chi connectivity index (χ0v) is 13.4. The van der Waals surface area contributed by atoms with Gasteiger partial charge in [0.1, 0.15) is 13.2 Å². The second-order valence-corrected chi connectivity index (χ2v) is 5.64. The number of halogens is 3. The van der Waals surface area contributed by atoms with Crippen molar-refractivity contribution in [1.29, 1.82) is 0 Å². The fraction of sp³-hybridized carbons (Fsp3) is 0.278. The maximum Gasteiger partial charge on any atom is 0.417 e. The van der Waals surface area contributed by atoms with E-state index in [2.05, 4.69) is 5.32 Å². The average Bonchev–Trinajstić information content (AvgIpc) is 2.60. The van der Waals surface area contributed by atoms with Gasteiger partial charge in [0, 0.05) is 0 Å². The fourth-order valence-corrected chi connectivity index (χ4v) is 2.62. The smallest absolute Gasteiger partial charge is 0.417 e. The molecule has 0 fully saturated rings. The fourth-order valence-electron chi connectivity index (χ4n) is 2.62. The van der Waals surface area contributed by atoms with Crippen LogP contribution in [0, 0.1) is 0 Å². The molecule has 1 unspecified atom stereocenters. The predicted molar refractivity (Wildman–Crippen MR) is 84.8 cm³/mol. The van der Waals surface area contributed by atoms with Gasteiger partial charge in [-0.3, -0.25) is 4.79 Å². The van der Waals surface area contributed by atoms with Crippen molar-refractivity contribution < 1.29 is 27.4 Å². The van der Waals surface area contributed by atoms with E-state index in [9.17, 15) is 18.0 Å². The summed E-state index contributed by atoms with van der Waals surface area (Å²) in [7, 11) is 0. The third-order valence-electron chi connectivity index (χ3n) is 3.89. The summed E-state index contributed by atoms with van der Waals surface area (Å²) in [6.45, 7) is 2.59. The molecule has 1 aliphatic heterocycles. The number of hydrogen-bond donors (Lipinski definition) is 1. The van der Waals surface area contributed by atoms with Crippen molar-refractivity contribution in [2.75, 3.05) is 13.2 Å². The topological polar surface area (TPSA) is 47.6 Å². The number of fused-ring (bicyclic) bond motifs is 1. The van der Waals surface area contributed by atoms with Crippen molar-refractivity contribution >= 4 is 5.91 Å². The van der Waals surface area contributed by atoms with Crippen LogP contribution in [0.25, 0.3) is 0 Å². The van der Waals surface area contributed by atoms with Gasteiger partial charge < -0.3 is 14.8 Å². The molecule has 1 N–H and O–H groups in total. The molecule has 2 aromatic carbocycles. The van der Waals surface area contributed by atoms with E-state index in [4.69, 9.17) is 9.47 Å². The van der Waals surface area contributed by atoms with Gasteiger partial charge in [-0.05, 0) is 36.8 Å². The molecule has 0 aliphatic carbocycles. The SMILES string of the molecule is CC(NC(=O)c1ccccc1C(F)(F)F)c1ccc2c(c1)OCCO2. The molecule has 1 aliphatic rings. The maximum atomic E-state index is 13.0. The zero-order chi connectivity index (χ0) is 18.0. The molecule has 0 spiro atoms. The zero-order valence-electron chi connectivity index (χ0n) is 13.4. The van der Waals surface area contributed by atoms with E-state index < -0.39 is 29.3 Å². The Hall–Kier alpha value is -2.70. The summed E-state index contributed by atoms with van der Waals surface area (Å²) in [5.41, 5.74) is -0.650. The van der Waals surface area contributed by atoms with E-state index >= 15 is 0 Å². The number of carbonyl (C=O) groups excluding carboxylic acids is 1. The van der Waals surface area contributed by atoms with Crippen LogP contribution >= 0.6 is 0 Å². The Kier molecular flexibility index (Phi) is 4.57. The quantitative estimate of drug-likeness (QED) is 0.910. The van der Waals surface area contributed by atoms with Gasteiger partial charge in [0.15, 0.2) is 11.5 Å². The molecule has 0 saturated carbocycles. The van der Waals surface area contributed by atoms with Crippen LogP contribution in [-0.4, -0.2) is 19.1 Å². The lowest BCUT2D eigenvalue weighted by molar-refractivity contribution is -0.137. The lowest BCUT2D eigenvalue weighted by atomic mass is 10.0. The number of amides is 1. The van der Waals surface area contributed by atoms with Gasteiger partial charge in [0.2, 0.25) is 0 Å². The second kappa shape index (κ2) is 6.66. The molecule has 1 atom stereocenters. The lowest BCUT2D eigenvalue weighted by Gasteiger charge is -2.21. The van der Waals surface area contributed by atoms with Crippen molar-refractivity contribution in [2.24, 2.45) is 0 Å². The van der Waals surface area contributed by atoms with E-state index in [-0.39, 0.29) is 0 Å². The number of rotatable bonds is 3. The van der Waals surface area contributed by atoms with Crippen molar-refractivity contribution in [3.05, 3.63) is 59.2 Å². The summed E-state index contributed by atoms with van der Waals surface area (Å²) in [6.07, 6.45) is -4.59. The Balaban J connectivity index is 1.80. The van der Waals surface area contributed by atoms with Crippen molar-refractivity contribution in [3.63, 3.8) is 0 Å². The summed E-state index contributed by atoms with van der Waals surface area (Å²) in [5, 5.41) is 2.60. The molecule has 1 heterocycles. The largest absolute Gasteiger partial charge is 0.486 e. The van der Waals surface area contributed by atoms with Crippen LogP contribution in [0.3, 0.4) is 0 Å². The van der Waals surface area contributed by atoms with Crippen LogP contribution in [0.5, 0.6) is 11.5 Å². The number of carbonyl (C=O) groups is 1. The maximum absolute atomic E-state index is 13.0. The number of benzene rings is 2. The molecular weight excluding hydrogens is 335 g/mol. The molecule has 2 aromatic rings. The van der Waals surface area contributed by atoms with Crippen LogP contribution < -0.4 is 14.8 Å². The van der Waals surface area contributed by atoms with Gasteiger partial charge in [-0.15, -0.1) is 0 Å². The van der Waals surface area contributed by atoms with Gasteiger partial charge in [0.25, 0.3) is 5.91 Å². The minimum absolute atomic E-state index is 0.403. The molecule has 3 rings (SSSR count). The normalized spacial score (nSPS) is 14.7. The van der Waals surface area contributed by atoms with E-state index in [1.165, 1.54) is 12.1 Å². The first kappa shape index (κ1) is 17.1. The molecular formula is C18H16F3NO3. The lowest BCUT2D eigenvalue weighted by Crippen LogP contribution is -2.29. The molecule has 25 heavy (non-hydrogen) atoms. The minimum atomic E-state index is -4.59. The van der Waals surface area contributed by atoms with Crippen LogP contribution in [0.1, 0.15) is 34.5 Å². The third-order valence-corrected chi connectivity index (χ3v) is 3.89. The highest BCUT2D eigenvalue weighted by molar-refractivity contribution is 5.96. The molecule has 0 aromatic heterocycles. The number of nitrogens with one attached hydrogen (secondary N) is 1. The van der Waals surface area contributed by atoms with Crippen LogP contribution in [0.2, 0.25) is 0 Å². The van der Waals surface area contributed by atoms with Crippen LogP contribution in [0.15, 0.2) is 42.5 Å². The molecule has 132 valence electrons. The van der Waals surface area contributed by atoms with Gasteiger partial charge in [-0.2, -0.15) is 13.2 Å². The Morgan fingerprint density at radius 2 is 1.76 bits per heavy atom. The second-order valence-electron chi connectivity index (χ2n) is 5.64. The average molecular weight is 351 g/mol. The summed E-state index contributed by atoms with van der Waals surface area (Å²) < 4.78 is 50.0. The highest BCUT2D eigenvalue weighted by Gasteiger charge is 2.35. The molecule has 4 nitrogen and oxygen atoms in total. The molecule has 0 saturated heterocycles. The molecule has 1 amide bonds. The molecule has 7 heteroatoms. The highest BCUT2D eigenvalue weighted by Crippen LogP contribution is 2.34. The molecule has 0 radical (unpaired) electrons. The van der Waals surface area contributed by atoms with E-state index in [1.807, 2.05) is 0 Å². The van der Waals surface area contributed by atoms with Gasteiger partial charge in [-0.25, -0.2) is 0 Å². The van der Waals surface area contributed by atoms with Crippen LogP contribution in [-0.2, 0) is 6.18 Å². The van der Waals surface area contributed by atoms with Crippen molar-refractivity contribution in [1.82, 2.24) is 5.32 Å². The summed E-state index contributed by atoms with van der Waals surface area (Å²) in [5.74, 6) is 0.381.